The van der Waals surface area contributed by atoms with Gasteiger partial charge >= 0.3 is 6.03 Å². The predicted molar refractivity (Wildman–Crippen MR) is 141 cm³/mol. The third-order valence-corrected chi connectivity index (χ3v) is 5.81. The molecule has 0 saturated carbocycles. The van der Waals surface area contributed by atoms with E-state index in [1.54, 1.807) is 72.8 Å². The normalized spacial score (nSPS) is 13.5. The van der Waals surface area contributed by atoms with E-state index < -0.39 is 17.8 Å². The lowest BCUT2D eigenvalue weighted by molar-refractivity contribution is -0.121. The van der Waals surface area contributed by atoms with E-state index in [0.29, 0.717) is 39.5 Å². The summed E-state index contributed by atoms with van der Waals surface area (Å²) in [6.45, 7) is 2.21. The molecule has 4 amide bonds. The molecule has 0 N–H and O–H groups in total. The maximum absolute atomic E-state index is 13.5. The van der Waals surface area contributed by atoms with Gasteiger partial charge in [-0.3, -0.25) is 9.59 Å². The average Bonchev–Trinajstić information content (AvgIpc) is 2.88. The van der Waals surface area contributed by atoms with Gasteiger partial charge in [0.05, 0.1) is 22.5 Å². The van der Waals surface area contributed by atoms with Gasteiger partial charge in [0.2, 0.25) is 0 Å². The van der Waals surface area contributed by atoms with Gasteiger partial charge in [0.15, 0.2) is 11.5 Å². The van der Waals surface area contributed by atoms with Crippen molar-refractivity contribution in [1.29, 1.82) is 0 Å². The van der Waals surface area contributed by atoms with E-state index in [1.807, 2.05) is 6.92 Å². The minimum Gasteiger partial charge on any atom is -0.490 e. The van der Waals surface area contributed by atoms with Crippen LogP contribution in [0.25, 0.3) is 6.08 Å². The van der Waals surface area contributed by atoms with Crippen molar-refractivity contribution >= 4 is 51.2 Å². The summed E-state index contributed by atoms with van der Waals surface area (Å²) in [7, 11) is 0. The van der Waals surface area contributed by atoms with E-state index in [9.17, 15) is 14.4 Å². The standard InChI is InChI=1S/C28H21BrN2O5/c1-3-15-36-25-23(29)17-19(18-24(25)35-4-2)16-22-26(32)30(20-11-7-5-8-12-20)28(34)31(27(22)33)21-13-9-6-10-14-21/h1,5-14,16-18H,4,15H2,2H3. The number of urea groups is 1. The third-order valence-electron chi connectivity index (χ3n) is 5.22. The highest BCUT2D eigenvalue weighted by atomic mass is 79.9. The Morgan fingerprint density at radius 1 is 0.889 bits per heavy atom. The summed E-state index contributed by atoms with van der Waals surface area (Å²) in [5, 5.41) is 0. The van der Waals surface area contributed by atoms with Crippen molar-refractivity contribution < 1.29 is 23.9 Å². The number of amides is 4. The molecule has 0 aromatic heterocycles. The van der Waals surface area contributed by atoms with Crippen LogP contribution < -0.4 is 19.3 Å². The predicted octanol–water partition coefficient (Wildman–Crippen LogP) is 5.44. The number of rotatable bonds is 7. The van der Waals surface area contributed by atoms with Gasteiger partial charge in [0, 0.05) is 0 Å². The van der Waals surface area contributed by atoms with Gasteiger partial charge in [-0.25, -0.2) is 14.6 Å². The maximum atomic E-state index is 13.5. The number of para-hydroxylation sites is 2. The second kappa shape index (κ2) is 10.9. The van der Waals surface area contributed by atoms with E-state index in [-0.39, 0.29) is 12.2 Å². The number of benzene rings is 3. The third kappa shape index (κ3) is 4.88. The molecule has 3 aromatic rings. The molecule has 0 spiro atoms. The molecule has 1 heterocycles. The van der Waals surface area contributed by atoms with Crippen LogP contribution in [-0.4, -0.2) is 31.1 Å². The van der Waals surface area contributed by atoms with E-state index in [1.165, 1.54) is 6.08 Å². The largest absolute Gasteiger partial charge is 0.490 e. The van der Waals surface area contributed by atoms with Crippen molar-refractivity contribution in [3.05, 3.63) is 88.4 Å². The first-order valence-corrected chi connectivity index (χ1v) is 11.8. The Morgan fingerprint density at radius 2 is 1.44 bits per heavy atom. The molecule has 3 aromatic carbocycles. The van der Waals surface area contributed by atoms with Gasteiger partial charge in [-0.15, -0.1) is 6.42 Å². The van der Waals surface area contributed by atoms with Crippen molar-refractivity contribution in [2.75, 3.05) is 23.0 Å². The highest BCUT2D eigenvalue weighted by Crippen LogP contribution is 2.38. The fourth-order valence-electron chi connectivity index (χ4n) is 3.69. The van der Waals surface area contributed by atoms with Crippen LogP contribution in [0.5, 0.6) is 11.5 Å². The van der Waals surface area contributed by atoms with E-state index >= 15 is 0 Å². The molecule has 180 valence electrons. The number of halogens is 1. The number of terminal acetylenes is 1. The number of anilines is 2. The zero-order valence-electron chi connectivity index (χ0n) is 19.3. The fourth-order valence-corrected chi connectivity index (χ4v) is 4.27. The Balaban J connectivity index is 1.85. The molecule has 0 atom stereocenters. The summed E-state index contributed by atoms with van der Waals surface area (Å²) in [6, 6.07) is 19.5. The smallest absolute Gasteiger partial charge is 0.343 e. The quantitative estimate of drug-likeness (QED) is 0.225. The average molecular weight is 545 g/mol. The van der Waals surface area contributed by atoms with Crippen LogP contribution in [0.3, 0.4) is 0 Å². The molecule has 0 aliphatic carbocycles. The number of carbonyl (C=O) groups excluding carboxylic acids is 3. The Kier molecular flexibility index (Phi) is 7.52. The first-order valence-electron chi connectivity index (χ1n) is 11.0. The Bertz CT molecular complexity index is 1320. The van der Waals surface area contributed by atoms with E-state index in [4.69, 9.17) is 15.9 Å². The van der Waals surface area contributed by atoms with Crippen LogP contribution in [0, 0.1) is 12.3 Å². The second-order valence-corrected chi connectivity index (χ2v) is 8.40. The topological polar surface area (TPSA) is 76.2 Å². The number of barbiturate groups is 1. The lowest BCUT2D eigenvalue weighted by atomic mass is 10.0. The summed E-state index contributed by atoms with van der Waals surface area (Å²) in [6.07, 6.45) is 6.75. The van der Waals surface area contributed by atoms with Crippen LogP contribution >= 0.6 is 15.9 Å². The molecule has 0 radical (unpaired) electrons. The molecule has 1 aliphatic rings. The van der Waals surface area contributed by atoms with Gasteiger partial charge in [-0.1, -0.05) is 42.3 Å². The van der Waals surface area contributed by atoms with Gasteiger partial charge in [-0.05, 0) is 70.9 Å². The maximum Gasteiger partial charge on any atom is 0.343 e. The van der Waals surface area contributed by atoms with Crippen LogP contribution in [-0.2, 0) is 9.59 Å². The molecule has 7 nitrogen and oxygen atoms in total. The van der Waals surface area contributed by atoms with Gasteiger partial charge in [-0.2, -0.15) is 0 Å². The SMILES string of the molecule is C#CCOc1c(Br)cc(C=C2C(=O)N(c3ccccc3)C(=O)N(c3ccccc3)C2=O)cc1OCC. The first-order chi connectivity index (χ1) is 17.5. The fraction of sp³-hybridized carbons (Fsp3) is 0.107. The molecular weight excluding hydrogens is 524 g/mol. The molecule has 1 fully saturated rings. The minimum atomic E-state index is -0.756. The van der Waals surface area contributed by atoms with Crippen LogP contribution in [0.4, 0.5) is 16.2 Å². The van der Waals surface area contributed by atoms with E-state index in [0.717, 1.165) is 9.80 Å². The zero-order valence-corrected chi connectivity index (χ0v) is 20.9. The monoisotopic (exact) mass is 544 g/mol. The Labute approximate surface area is 217 Å². The van der Waals surface area contributed by atoms with Gasteiger partial charge in [0.25, 0.3) is 11.8 Å². The first kappa shape index (κ1) is 24.8. The highest BCUT2D eigenvalue weighted by Gasteiger charge is 2.43. The van der Waals surface area contributed by atoms with Crippen molar-refractivity contribution in [3.63, 3.8) is 0 Å². The Morgan fingerprint density at radius 3 is 1.94 bits per heavy atom. The van der Waals surface area contributed by atoms with Crippen molar-refractivity contribution in [1.82, 2.24) is 0 Å². The number of nitrogens with zero attached hydrogens (tertiary/aromatic N) is 2. The lowest BCUT2D eigenvalue weighted by Gasteiger charge is -2.34. The van der Waals surface area contributed by atoms with E-state index in [2.05, 4.69) is 21.9 Å². The molecule has 4 rings (SSSR count). The number of imide groups is 2. The summed E-state index contributed by atoms with van der Waals surface area (Å²) in [5.41, 5.74) is 1.00. The minimum absolute atomic E-state index is 0.0380. The van der Waals surface area contributed by atoms with Gasteiger partial charge in [0.1, 0.15) is 12.2 Å². The van der Waals surface area contributed by atoms with Crippen molar-refractivity contribution in [3.8, 4) is 23.8 Å². The van der Waals surface area contributed by atoms with Crippen LogP contribution in [0.15, 0.2) is 82.8 Å². The molecule has 0 unspecified atom stereocenters. The van der Waals surface area contributed by atoms with Crippen LogP contribution in [0.1, 0.15) is 12.5 Å². The number of hydrogen-bond acceptors (Lipinski definition) is 5. The summed E-state index contributed by atoms with van der Waals surface area (Å²) >= 11 is 3.45. The molecule has 36 heavy (non-hydrogen) atoms. The van der Waals surface area contributed by atoms with Crippen molar-refractivity contribution in [2.45, 2.75) is 6.92 Å². The molecule has 0 bridgehead atoms. The lowest BCUT2D eigenvalue weighted by Crippen LogP contribution is -2.57. The number of hydrogen-bond donors (Lipinski definition) is 0. The van der Waals surface area contributed by atoms with Gasteiger partial charge < -0.3 is 9.47 Å². The molecular formula is C28H21BrN2O5. The second-order valence-electron chi connectivity index (χ2n) is 7.55. The van der Waals surface area contributed by atoms with Crippen molar-refractivity contribution in [2.24, 2.45) is 0 Å². The van der Waals surface area contributed by atoms with Crippen LogP contribution in [0.2, 0.25) is 0 Å². The molecule has 1 aliphatic heterocycles. The summed E-state index contributed by atoms with van der Waals surface area (Å²) in [4.78, 5) is 42.4. The zero-order chi connectivity index (χ0) is 25.7. The highest BCUT2D eigenvalue weighted by molar-refractivity contribution is 9.10. The summed E-state index contributed by atoms with van der Waals surface area (Å²) in [5.74, 6) is 1.74. The number of ether oxygens (including phenoxy) is 2. The molecule has 1 saturated heterocycles. The summed E-state index contributed by atoms with van der Waals surface area (Å²) < 4.78 is 11.8. The molecule has 8 heteroatoms. The number of carbonyl (C=O) groups is 3. The Hall–Kier alpha value is -4.35.